The second-order valence-corrected chi connectivity index (χ2v) is 14.9. The predicted molar refractivity (Wildman–Crippen MR) is 234 cm³/mol. The van der Waals surface area contributed by atoms with Gasteiger partial charge in [0, 0.05) is 44.2 Å². The van der Waals surface area contributed by atoms with E-state index in [1.807, 2.05) is 18.2 Å². The molecule has 0 fully saturated rings. The van der Waals surface area contributed by atoms with Crippen molar-refractivity contribution in [3.05, 3.63) is 199 Å². The first-order valence-corrected chi connectivity index (χ1v) is 19.4. The van der Waals surface area contributed by atoms with Gasteiger partial charge in [-0.15, -0.1) is 0 Å². The summed E-state index contributed by atoms with van der Waals surface area (Å²) in [6, 6.07) is 62.8. The highest BCUT2D eigenvalue weighted by molar-refractivity contribution is 6.19. The lowest BCUT2D eigenvalue weighted by atomic mass is 9.85. The molecule has 0 bridgehead atoms. The molecule has 1 unspecified atom stereocenters. The quantitative estimate of drug-likeness (QED) is 0.171. The van der Waals surface area contributed by atoms with Crippen LogP contribution in [-0.2, 0) is 0 Å². The third-order valence-electron chi connectivity index (χ3n) is 11.5. The van der Waals surface area contributed by atoms with E-state index in [1.54, 1.807) is 0 Å². The van der Waals surface area contributed by atoms with Crippen LogP contribution >= 0.6 is 0 Å². The van der Waals surface area contributed by atoms with Gasteiger partial charge < -0.3 is 13.7 Å². The summed E-state index contributed by atoms with van der Waals surface area (Å²) < 4.78 is 12.7. The largest absolute Gasteiger partial charge is 0.456 e. The molecule has 2 heterocycles. The fourth-order valence-electron chi connectivity index (χ4n) is 8.81. The van der Waals surface area contributed by atoms with Gasteiger partial charge in [-0.1, -0.05) is 140 Å². The molecule has 1 aliphatic carbocycles. The second kappa shape index (κ2) is 13.0. The van der Waals surface area contributed by atoms with Crippen LogP contribution in [-0.4, -0.2) is 0 Å². The lowest BCUT2D eigenvalue weighted by Gasteiger charge is -2.32. The molecular formula is C53H37NO2. The Labute approximate surface area is 325 Å². The minimum Gasteiger partial charge on any atom is -0.456 e. The van der Waals surface area contributed by atoms with Gasteiger partial charge in [0.2, 0.25) is 0 Å². The summed E-state index contributed by atoms with van der Waals surface area (Å²) in [5.74, 6) is 0.268. The van der Waals surface area contributed by atoms with Crippen molar-refractivity contribution >= 4 is 71.6 Å². The van der Waals surface area contributed by atoms with Crippen LogP contribution in [0.3, 0.4) is 0 Å². The topological polar surface area (TPSA) is 29.5 Å². The van der Waals surface area contributed by atoms with Crippen molar-refractivity contribution in [3.8, 4) is 22.3 Å². The molecule has 1 aliphatic rings. The van der Waals surface area contributed by atoms with Gasteiger partial charge in [0.1, 0.15) is 22.3 Å². The number of para-hydroxylation sites is 3. The number of furan rings is 2. The van der Waals surface area contributed by atoms with Gasteiger partial charge in [0.15, 0.2) is 0 Å². The summed E-state index contributed by atoms with van der Waals surface area (Å²) in [7, 11) is 0. The molecule has 2 aromatic heterocycles. The van der Waals surface area contributed by atoms with Crippen molar-refractivity contribution < 1.29 is 8.83 Å². The predicted octanol–water partition coefficient (Wildman–Crippen LogP) is 15.1. The van der Waals surface area contributed by atoms with E-state index < -0.39 is 0 Å². The minimum absolute atomic E-state index is 0.268. The number of hydrogen-bond acceptors (Lipinski definition) is 3. The highest BCUT2D eigenvalue weighted by Gasteiger charge is 2.25. The summed E-state index contributed by atoms with van der Waals surface area (Å²) >= 11 is 0. The molecule has 1 atom stereocenters. The number of benzene rings is 8. The highest BCUT2D eigenvalue weighted by atomic mass is 16.3. The SMILES string of the molecule is CC1CC(N(c2ccc(-c3ccc4c(ccc5oc6ccccc6c54)c3)cc2)c2cccc(-c3ccccc3)c2)=CC=C1c1cccc2c1oc1ccccc12. The Bertz CT molecular complexity index is 3180. The first-order chi connectivity index (χ1) is 27.7. The van der Waals surface area contributed by atoms with Gasteiger partial charge in [-0.3, -0.25) is 0 Å². The maximum Gasteiger partial charge on any atom is 0.142 e. The Hall–Kier alpha value is -7.10. The van der Waals surface area contributed by atoms with Crippen LogP contribution in [0.1, 0.15) is 18.9 Å². The smallest absolute Gasteiger partial charge is 0.142 e. The van der Waals surface area contributed by atoms with Crippen LogP contribution in [0.15, 0.2) is 203 Å². The van der Waals surface area contributed by atoms with E-state index in [4.69, 9.17) is 8.83 Å². The van der Waals surface area contributed by atoms with Crippen LogP contribution in [0.25, 0.3) is 82.5 Å². The van der Waals surface area contributed by atoms with Gasteiger partial charge >= 0.3 is 0 Å². The van der Waals surface area contributed by atoms with Crippen molar-refractivity contribution in [1.29, 1.82) is 0 Å². The number of hydrogen-bond donors (Lipinski definition) is 0. The maximum absolute atomic E-state index is 6.48. The lowest BCUT2D eigenvalue weighted by molar-refractivity contribution is 0.663. The zero-order valence-corrected chi connectivity index (χ0v) is 30.9. The van der Waals surface area contributed by atoms with E-state index in [2.05, 4.69) is 182 Å². The molecule has 0 N–H and O–H groups in total. The van der Waals surface area contributed by atoms with E-state index in [-0.39, 0.29) is 5.92 Å². The fourth-order valence-corrected chi connectivity index (χ4v) is 8.81. The molecule has 56 heavy (non-hydrogen) atoms. The third kappa shape index (κ3) is 5.35. The Morgan fingerprint density at radius 1 is 0.464 bits per heavy atom. The molecule has 8 aromatic carbocycles. The summed E-state index contributed by atoms with van der Waals surface area (Å²) in [5.41, 5.74) is 14.5. The standard InChI is InChI=1S/C53H37NO2/c1-34-31-42(27-29-43(34)46-17-10-18-47-45-15-5-7-19-49(45)56-53(46)47)54(41-14-9-13-37(33-41)35-11-3-2-4-12-35)40-25-21-36(22-26-40)38-23-28-44-39(32-38)24-30-51-52(44)48-16-6-8-20-50(48)55-51/h2-30,32-34H,31H2,1H3. The maximum atomic E-state index is 6.48. The van der Waals surface area contributed by atoms with Crippen LogP contribution in [0, 0.1) is 5.92 Å². The van der Waals surface area contributed by atoms with Gasteiger partial charge in [-0.05, 0) is 106 Å². The molecule has 10 aromatic rings. The lowest BCUT2D eigenvalue weighted by Crippen LogP contribution is -2.20. The average Bonchev–Trinajstić information content (AvgIpc) is 3.84. The van der Waals surface area contributed by atoms with Crippen molar-refractivity contribution in [2.45, 2.75) is 13.3 Å². The monoisotopic (exact) mass is 719 g/mol. The van der Waals surface area contributed by atoms with E-state index in [0.717, 1.165) is 56.3 Å². The Morgan fingerprint density at radius 3 is 1.98 bits per heavy atom. The zero-order chi connectivity index (χ0) is 37.2. The van der Waals surface area contributed by atoms with E-state index in [0.29, 0.717) is 0 Å². The molecule has 0 aliphatic heterocycles. The molecule has 0 amide bonds. The summed E-state index contributed by atoms with van der Waals surface area (Å²) in [6.45, 7) is 2.34. The highest BCUT2D eigenvalue weighted by Crippen LogP contribution is 2.43. The summed E-state index contributed by atoms with van der Waals surface area (Å²) in [5, 5.41) is 7.06. The van der Waals surface area contributed by atoms with Gasteiger partial charge in [-0.2, -0.15) is 0 Å². The molecule has 0 saturated carbocycles. The Morgan fingerprint density at radius 2 is 1.14 bits per heavy atom. The third-order valence-corrected chi connectivity index (χ3v) is 11.5. The van der Waals surface area contributed by atoms with Crippen LogP contribution in [0.2, 0.25) is 0 Å². The first kappa shape index (κ1) is 32.3. The Balaban J connectivity index is 0.996. The summed E-state index contributed by atoms with van der Waals surface area (Å²) in [4.78, 5) is 2.43. The van der Waals surface area contributed by atoms with Crippen molar-refractivity contribution in [2.75, 3.05) is 4.90 Å². The van der Waals surface area contributed by atoms with Gasteiger partial charge in [-0.25, -0.2) is 0 Å². The normalized spacial score (nSPS) is 14.5. The number of fused-ring (bicyclic) bond motifs is 8. The molecule has 0 radical (unpaired) electrons. The van der Waals surface area contributed by atoms with Crippen LogP contribution in [0.4, 0.5) is 11.4 Å². The van der Waals surface area contributed by atoms with E-state index in [1.165, 1.54) is 55.2 Å². The van der Waals surface area contributed by atoms with Crippen LogP contribution < -0.4 is 4.90 Å². The van der Waals surface area contributed by atoms with E-state index in [9.17, 15) is 0 Å². The molecule has 0 spiro atoms. The van der Waals surface area contributed by atoms with Gasteiger partial charge in [0.25, 0.3) is 0 Å². The van der Waals surface area contributed by atoms with E-state index >= 15 is 0 Å². The Kier molecular flexibility index (Phi) is 7.53. The fraction of sp³-hybridized carbons (Fsp3) is 0.0566. The first-order valence-electron chi connectivity index (χ1n) is 19.4. The molecule has 3 heteroatoms. The van der Waals surface area contributed by atoms with Crippen LogP contribution in [0.5, 0.6) is 0 Å². The van der Waals surface area contributed by atoms with Gasteiger partial charge in [0.05, 0.1) is 0 Å². The molecule has 0 saturated heterocycles. The number of anilines is 2. The van der Waals surface area contributed by atoms with Crippen molar-refractivity contribution in [1.82, 2.24) is 0 Å². The number of rotatable bonds is 6. The molecular weight excluding hydrogens is 683 g/mol. The average molecular weight is 720 g/mol. The number of nitrogens with zero attached hydrogens (tertiary/aromatic N) is 1. The minimum atomic E-state index is 0.268. The zero-order valence-electron chi connectivity index (χ0n) is 30.9. The second-order valence-electron chi connectivity index (χ2n) is 14.9. The molecule has 266 valence electrons. The molecule has 11 rings (SSSR count). The molecule has 3 nitrogen and oxygen atoms in total. The summed E-state index contributed by atoms with van der Waals surface area (Å²) in [6.07, 6.45) is 5.49. The van der Waals surface area contributed by atoms with Crippen molar-refractivity contribution in [3.63, 3.8) is 0 Å². The number of allylic oxidation sites excluding steroid dienone is 4. The van der Waals surface area contributed by atoms with Crippen molar-refractivity contribution in [2.24, 2.45) is 5.92 Å².